The van der Waals surface area contributed by atoms with Gasteiger partial charge in [-0.25, -0.2) is 8.42 Å². The van der Waals surface area contributed by atoms with E-state index in [0.29, 0.717) is 39.3 Å². The maximum absolute atomic E-state index is 12.6. The molecule has 1 aromatic rings. The molecule has 154 valence electrons. The first-order chi connectivity index (χ1) is 12.9. The number of rotatable bonds is 13. The quantitative estimate of drug-likeness (QED) is 0.501. The molecule has 0 aliphatic rings. The van der Waals surface area contributed by atoms with E-state index in [1.807, 2.05) is 0 Å². The first-order valence-electron chi connectivity index (χ1n) is 9.41. The van der Waals surface area contributed by atoms with Crippen molar-refractivity contribution in [3.05, 3.63) is 28.7 Å². The van der Waals surface area contributed by atoms with Gasteiger partial charge in [-0.15, -0.1) is 0 Å². The molecule has 1 amide bonds. The zero-order chi connectivity index (χ0) is 20.3. The van der Waals surface area contributed by atoms with Crippen LogP contribution in [0.25, 0.3) is 0 Å². The molecule has 0 fully saturated rings. The molecule has 0 atom stereocenters. The van der Waals surface area contributed by atoms with Gasteiger partial charge in [0, 0.05) is 45.1 Å². The molecule has 1 rings (SSSR count). The molecule has 0 bridgehead atoms. The van der Waals surface area contributed by atoms with E-state index in [0.717, 1.165) is 17.4 Å². The van der Waals surface area contributed by atoms with Crippen LogP contribution < -0.4 is 10.9 Å². The summed E-state index contributed by atoms with van der Waals surface area (Å²) in [4.78, 5) is 24.0. The number of hydrogen-bond donors (Lipinski definition) is 1. The van der Waals surface area contributed by atoms with Crippen molar-refractivity contribution in [1.82, 2.24) is 14.2 Å². The fourth-order valence-electron chi connectivity index (χ4n) is 2.46. The van der Waals surface area contributed by atoms with Crippen LogP contribution in [-0.4, -0.2) is 56.0 Å². The zero-order valence-corrected chi connectivity index (χ0v) is 17.3. The smallest absolute Gasteiger partial charge is 0.251 e. The molecule has 0 unspecified atom stereocenters. The number of nitrogens with one attached hydrogen (secondary N) is 1. The second-order valence-corrected chi connectivity index (χ2v) is 8.03. The molecule has 27 heavy (non-hydrogen) atoms. The third-order valence-corrected chi connectivity index (χ3v) is 6.08. The van der Waals surface area contributed by atoms with Gasteiger partial charge in [0.15, 0.2) is 0 Å². The van der Waals surface area contributed by atoms with Crippen LogP contribution in [0.2, 0.25) is 0 Å². The molecule has 1 aromatic heterocycles. The van der Waals surface area contributed by atoms with Crippen LogP contribution in [0, 0.1) is 0 Å². The van der Waals surface area contributed by atoms with Gasteiger partial charge in [-0.3, -0.25) is 9.59 Å². The molecule has 0 spiro atoms. The molecule has 0 radical (unpaired) electrons. The van der Waals surface area contributed by atoms with Crippen LogP contribution in [0.5, 0.6) is 0 Å². The van der Waals surface area contributed by atoms with Crippen molar-refractivity contribution in [2.45, 2.75) is 51.5 Å². The van der Waals surface area contributed by atoms with E-state index in [4.69, 9.17) is 4.74 Å². The molecule has 1 heterocycles. The Bertz CT molecular complexity index is 742. The lowest BCUT2D eigenvalue weighted by Gasteiger charge is -2.19. The van der Waals surface area contributed by atoms with Crippen LogP contribution in [0.15, 0.2) is 28.0 Å². The predicted octanol–water partition coefficient (Wildman–Crippen LogP) is 1.20. The highest BCUT2D eigenvalue weighted by Gasteiger charge is 2.22. The number of carbonyl (C=O) groups excluding carboxylic acids is 1. The van der Waals surface area contributed by atoms with Crippen molar-refractivity contribution in [2.75, 3.05) is 32.8 Å². The predicted molar refractivity (Wildman–Crippen MR) is 104 cm³/mol. The van der Waals surface area contributed by atoms with E-state index >= 15 is 0 Å². The van der Waals surface area contributed by atoms with Crippen molar-refractivity contribution in [2.24, 2.45) is 0 Å². The van der Waals surface area contributed by atoms with Gasteiger partial charge in [-0.1, -0.05) is 27.2 Å². The minimum absolute atomic E-state index is 0.00271. The van der Waals surface area contributed by atoms with Gasteiger partial charge < -0.3 is 14.6 Å². The SMILES string of the molecule is CCCCOCCCNC(=O)Cn1cc(S(=O)(=O)N(CC)CC)ccc1=O. The van der Waals surface area contributed by atoms with E-state index in [-0.39, 0.29) is 17.3 Å². The van der Waals surface area contributed by atoms with Gasteiger partial charge in [-0.2, -0.15) is 4.31 Å². The maximum atomic E-state index is 12.6. The van der Waals surface area contributed by atoms with E-state index in [1.165, 1.54) is 22.6 Å². The normalized spacial score (nSPS) is 11.7. The number of ether oxygens (including phenoxy) is 1. The van der Waals surface area contributed by atoms with Crippen LogP contribution in [-0.2, 0) is 26.1 Å². The van der Waals surface area contributed by atoms with E-state index < -0.39 is 15.6 Å². The zero-order valence-electron chi connectivity index (χ0n) is 16.4. The first kappa shape index (κ1) is 23.3. The lowest BCUT2D eigenvalue weighted by molar-refractivity contribution is -0.121. The number of pyridine rings is 1. The number of amides is 1. The van der Waals surface area contributed by atoms with Crippen molar-refractivity contribution in [3.63, 3.8) is 0 Å². The van der Waals surface area contributed by atoms with Crippen molar-refractivity contribution in [1.29, 1.82) is 0 Å². The van der Waals surface area contributed by atoms with Crippen LogP contribution >= 0.6 is 0 Å². The Hall–Kier alpha value is -1.71. The number of nitrogens with zero attached hydrogens (tertiary/aromatic N) is 2. The second-order valence-electron chi connectivity index (χ2n) is 6.09. The third kappa shape index (κ3) is 7.43. The summed E-state index contributed by atoms with van der Waals surface area (Å²) >= 11 is 0. The standard InChI is InChI=1S/C18H31N3O5S/c1-4-7-12-26-13-8-11-19-17(22)15-20-14-16(9-10-18(20)23)27(24,25)21(5-2)6-3/h9-10,14H,4-8,11-13,15H2,1-3H3,(H,19,22). The number of sulfonamides is 1. The summed E-state index contributed by atoms with van der Waals surface area (Å²) < 4.78 is 32.9. The van der Waals surface area contributed by atoms with Crippen LogP contribution in [0.1, 0.15) is 40.0 Å². The van der Waals surface area contributed by atoms with Crippen molar-refractivity contribution < 1.29 is 17.9 Å². The Morgan fingerprint density at radius 2 is 1.81 bits per heavy atom. The Labute approximate surface area is 161 Å². The molecule has 0 saturated carbocycles. The highest BCUT2D eigenvalue weighted by molar-refractivity contribution is 7.89. The average molecular weight is 402 g/mol. The monoisotopic (exact) mass is 401 g/mol. The fraction of sp³-hybridized carbons (Fsp3) is 0.667. The highest BCUT2D eigenvalue weighted by Crippen LogP contribution is 2.13. The number of carbonyl (C=O) groups is 1. The van der Waals surface area contributed by atoms with Crippen LogP contribution in [0.4, 0.5) is 0 Å². The van der Waals surface area contributed by atoms with Gasteiger partial charge in [0.05, 0.1) is 4.90 Å². The molecule has 0 saturated heterocycles. The summed E-state index contributed by atoms with van der Waals surface area (Å²) in [6.07, 6.45) is 4.00. The topological polar surface area (TPSA) is 97.7 Å². The van der Waals surface area contributed by atoms with Crippen LogP contribution in [0.3, 0.4) is 0 Å². The van der Waals surface area contributed by atoms with Gasteiger partial charge in [-0.05, 0) is 18.9 Å². The van der Waals surface area contributed by atoms with Crippen molar-refractivity contribution >= 4 is 15.9 Å². The summed E-state index contributed by atoms with van der Waals surface area (Å²) in [7, 11) is -3.68. The van der Waals surface area contributed by atoms with E-state index in [9.17, 15) is 18.0 Å². The molecule has 0 aliphatic carbocycles. The average Bonchev–Trinajstić information content (AvgIpc) is 2.63. The highest BCUT2D eigenvalue weighted by atomic mass is 32.2. The molecule has 8 nitrogen and oxygen atoms in total. The third-order valence-electron chi connectivity index (χ3n) is 4.04. The Kier molecular flexibility index (Phi) is 10.3. The Morgan fingerprint density at radius 3 is 2.44 bits per heavy atom. The molecule has 0 aliphatic heterocycles. The lowest BCUT2D eigenvalue weighted by atomic mass is 10.3. The van der Waals surface area contributed by atoms with E-state index in [2.05, 4.69) is 12.2 Å². The first-order valence-corrected chi connectivity index (χ1v) is 10.9. The Morgan fingerprint density at radius 1 is 1.15 bits per heavy atom. The van der Waals surface area contributed by atoms with E-state index in [1.54, 1.807) is 13.8 Å². The summed E-state index contributed by atoms with van der Waals surface area (Å²) in [6, 6.07) is 2.45. The number of hydrogen-bond acceptors (Lipinski definition) is 5. The summed E-state index contributed by atoms with van der Waals surface area (Å²) in [6.45, 7) is 7.75. The van der Waals surface area contributed by atoms with Gasteiger partial charge >= 0.3 is 0 Å². The van der Waals surface area contributed by atoms with Gasteiger partial charge in [0.25, 0.3) is 5.56 Å². The van der Waals surface area contributed by atoms with Gasteiger partial charge in [0.1, 0.15) is 6.54 Å². The Balaban J connectivity index is 2.65. The molecule has 9 heteroatoms. The minimum Gasteiger partial charge on any atom is -0.381 e. The number of unbranched alkanes of at least 4 members (excludes halogenated alkanes) is 1. The lowest BCUT2D eigenvalue weighted by Crippen LogP contribution is -2.34. The minimum atomic E-state index is -3.68. The summed E-state index contributed by atoms with van der Waals surface area (Å²) in [5.74, 6) is -0.344. The second kappa shape index (κ2) is 11.9. The molecular formula is C18H31N3O5S. The largest absolute Gasteiger partial charge is 0.381 e. The maximum Gasteiger partial charge on any atom is 0.251 e. The molecular weight excluding hydrogens is 370 g/mol. The fourth-order valence-corrected chi connectivity index (χ4v) is 3.94. The summed E-state index contributed by atoms with van der Waals surface area (Å²) in [5.41, 5.74) is -0.424. The van der Waals surface area contributed by atoms with Crippen molar-refractivity contribution in [3.8, 4) is 0 Å². The van der Waals surface area contributed by atoms with Gasteiger partial charge in [0.2, 0.25) is 15.9 Å². The molecule has 0 aromatic carbocycles. The molecule has 1 N–H and O–H groups in total. The summed E-state index contributed by atoms with van der Waals surface area (Å²) in [5, 5.41) is 2.71. The number of aromatic nitrogens is 1.